The predicted octanol–water partition coefficient (Wildman–Crippen LogP) is 1.05. The molecule has 0 spiro atoms. The van der Waals surface area contributed by atoms with Gasteiger partial charge in [-0.2, -0.15) is 0 Å². The highest BCUT2D eigenvalue weighted by Gasteiger charge is 2.11. The fourth-order valence-electron chi connectivity index (χ4n) is 0.998. The second-order valence-electron chi connectivity index (χ2n) is 2.62. The van der Waals surface area contributed by atoms with Gasteiger partial charge in [0, 0.05) is 12.1 Å². The van der Waals surface area contributed by atoms with Crippen molar-refractivity contribution in [2.75, 3.05) is 6.54 Å². The molecule has 1 atom stereocenters. The molecule has 58 valence electrons. The van der Waals surface area contributed by atoms with Gasteiger partial charge in [-0.3, -0.25) is 0 Å². The summed E-state index contributed by atoms with van der Waals surface area (Å²) in [5.74, 6) is 0.818. The number of aromatic nitrogens is 1. The number of hydrogen-bond donors (Lipinski definition) is 1. The fourth-order valence-corrected chi connectivity index (χ4v) is 0.998. The Bertz CT molecular complexity index is 237. The Hall–Kier alpha value is -1.09. The van der Waals surface area contributed by atoms with Crippen molar-refractivity contribution in [1.82, 2.24) is 10.5 Å². The lowest BCUT2D eigenvalue weighted by Gasteiger charge is -2.23. The number of nitrogens with zero attached hydrogens (tertiary/aromatic N) is 1. The summed E-state index contributed by atoms with van der Waals surface area (Å²) in [5, 5.41) is 6.86. The molecule has 1 fully saturated rings. The van der Waals surface area contributed by atoms with Crippen LogP contribution in [0.2, 0.25) is 0 Å². The molecule has 0 aromatic carbocycles. The Labute approximate surface area is 65.1 Å². The SMILES string of the molecule is C(=C\C1CCN1)/c1ccno1. The van der Waals surface area contributed by atoms with E-state index in [-0.39, 0.29) is 0 Å². The van der Waals surface area contributed by atoms with Crippen LogP contribution in [-0.2, 0) is 0 Å². The van der Waals surface area contributed by atoms with E-state index >= 15 is 0 Å². The molecular weight excluding hydrogens is 140 g/mol. The molecule has 0 radical (unpaired) electrons. The second-order valence-corrected chi connectivity index (χ2v) is 2.62. The molecule has 1 aliphatic heterocycles. The summed E-state index contributed by atoms with van der Waals surface area (Å²) in [6.45, 7) is 1.13. The third-order valence-corrected chi connectivity index (χ3v) is 1.81. The molecule has 0 aliphatic carbocycles. The first kappa shape index (κ1) is 6.61. The lowest BCUT2D eigenvalue weighted by atomic mass is 10.1. The van der Waals surface area contributed by atoms with Crippen LogP contribution in [0.3, 0.4) is 0 Å². The zero-order chi connectivity index (χ0) is 7.52. The van der Waals surface area contributed by atoms with Gasteiger partial charge >= 0.3 is 0 Å². The molecule has 1 unspecified atom stereocenters. The number of rotatable bonds is 2. The largest absolute Gasteiger partial charge is 0.357 e. The number of hydrogen-bond acceptors (Lipinski definition) is 3. The first-order valence-electron chi connectivity index (χ1n) is 3.77. The predicted molar refractivity (Wildman–Crippen MR) is 41.9 cm³/mol. The van der Waals surface area contributed by atoms with Crippen LogP contribution in [0, 0.1) is 0 Å². The zero-order valence-corrected chi connectivity index (χ0v) is 6.16. The van der Waals surface area contributed by atoms with Crippen LogP contribution in [0.5, 0.6) is 0 Å². The van der Waals surface area contributed by atoms with Gasteiger partial charge in [0.25, 0.3) is 0 Å². The minimum atomic E-state index is 0.542. The maximum absolute atomic E-state index is 4.89. The first-order valence-corrected chi connectivity index (χ1v) is 3.77. The molecule has 0 saturated carbocycles. The summed E-state index contributed by atoms with van der Waals surface area (Å²) in [6, 6.07) is 2.38. The smallest absolute Gasteiger partial charge is 0.159 e. The minimum absolute atomic E-state index is 0.542. The maximum Gasteiger partial charge on any atom is 0.159 e. The normalized spacial score (nSPS) is 23.8. The van der Waals surface area contributed by atoms with Gasteiger partial charge in [-0.25, -0.2) is 0 Å². The Morgan fingerprint density at radius 2 is 2.64 bits per heavy atom. The van der Waals surface area contributed by atoms with Crippen molar-refractivity contribution in [1.29, 1.82) is 0 Å². The van der Waals surface area contributed by atoms with Gasteiger partial charge in [0.15, 0.2) is 5.76 Å². The monoisotopic (exact) mass is 150 g/mol. The van der Waals surface area contributed by atoms with Crippen molar-refractivity contribution in [3.63, 3.8) is 0 Å². The van der Waals surface area contributed by atoms with Gasteiger partial charge < -0.3 is 9.84 Å². The van der Waals surface area contributed by atoms with Crippen molar-refractivity contribution in [3.05, 3.63) is 24.1 Å². The van der Waals surface area contributed by atoms with E-state index in [0.29, 0.717) is 6.04 Å². The Balaban J connectivity index is 1.93. The lowest BCUT2D eigenvalue weighted by molar-refractivity contribution is 0.410. The Kier molecular flexibility index (Phi) is 1.73. The van der Waals surface area contributed by atoms with E-state index in [1.807, 2.05) is 12.1 Å². The van der Waals surface area contributed by atoms with E-state index in [1.54, 1.807) is 6.20 Å². The number of nitrogens with one attached hydrogen (secondary N) is 1. The molecule has 3 nitrogen and oxygen atoms in total. The summed E-state index contributed by atoms with van der Waals surface area (Å²) >= 11 is 0. The lowest BCUT2D eigenvalue weighted by Crippen LogP contribution is -2.40. The molecule has 1 aliphatic rings. The van der Waals surface area contributed by atoms with E-state index < -0.39 is 0 Å². The van der Waals surface area contributed by atoms with Gasteiger partial charge in [-0.15, -0.1) is 0 Å². The van der Waals surface area contributed by atoms with Crippen molar-refractivity contribution in [2.24, 2.45) is 0 Å². The molecular formula is C8H10N2O. The van der Waals surface area contributed by atoms with Crippen LogP contribution in [0.4, 0.5) is 0 Å². The Morgan fingerprint density at radius 3 is 3.18 bits per heavy atom. The molecule has 3 heteroatoms. The van der Waals surface area contributed by atoms with Gasteiger partial charge in [-0.05, 0) is 19.0 Å². The van der Waals surface area contributed by atoms with Crippen LogP contribution < -0.4 is 5.32 Å². The minimum Gasteiger partial charge on any atom is -0.357 e. The standard InChI is InChI=1S/C8H10N2O/c1(7-3-5-9-7)2-8-4-6-10-11-8/h1-2,4,6-7,9H,3,5H2/b2-1+. The molecule has 0 amide bonds. The molecule has 11 heavy (non-hydrogen) atoms. The average Bonchev–Trinajstić information content (AvgIpc) is 2.36. The van der Waals surface area contributed by atoms with Crippen LogP contribution >= 0.6 is 0 Å². The average molecular weight is 150 g/mol. The highest BCUT2D eigenvalue weighted by Crippen LogP contribution is 2.06. The summed E-state index contributed by atoms with van der Waals surface area (Å²) in [4.78, 5) is 0. The van der Waals surface area contributed by atoms with E-state index in [4.69, 9.17) is 4.52 Å². The summed E-state index contributed by atoms with van der Waals surface area (Å²) in [7, 11) is 0. The first-order chi connectivity index (χ1) is 5.45. The van der Waals surface area contributed by atoms with Crippen molar-refractivity contribution in [2.45, 2.75) is 12.5 Å². The molecule has 2 heterocycles. The highest BCUT2D eigenvalue weighted by atomic mass is 16.5. The quantitative estimate of drug-likeness (QED) is 0.684. The molecule has 1 saturated heterocycles. The summed E-state index contributed by atoms with van der Waals surface area (Å²) < 4.78 is 4.89. The van der Waals surface area contributed by atoms with Gasteiger partial charge in [-0.1, -0.05) is 11.2 Å². The van der Waals surface area contributed by atoms with E-state index in [1.165, 1.54) is 6.42 Å². The summed E-state index contributed by atoms with van der Waals surface area (Å²) in [5.41, 5.74) is 0. The third-order valence-electron chi connectivity index (χ3n) is 1.81. The van der Waals surface area contributed by atoms with Crippen LogP contribution in [0.25, 0.3) is 6.08 Å². The van der Waals surface area contributed by atoms with Crippen molar-refractivity contribution >= 4 is 6.08 Å². The second kappa shape index (κ2) is 2.88. The highest BCUT2D eigenvalue weighted by molar-refractivity contribution is 5.42. The van der Waals surface area contributed by atoms with Gasteiger partial charge in [0.05, 0.1) is 6.20 Å². The van der Waals surface area contributed by atoms with Gasteiger partial charge in [0.1, 0.15) is 0 Å². The molecule has 0 bridgehead atoms. The molecule has 2 rings (SSSR count). The topological polar surface area (TPSA) is 38.1 Å². The molecule has 1 aromatic rings. The fraction of sp³-hybridized carbons (Fsp3) is 0.375. The molecule has 1 N–H and O–H groups in total. The maximum atomic E-state index is 4.89. The Morgan fingerprint density at radius 1 is 1.73 bits per heavy atom. The van der Waals surface area contributed by atoms with Crippen molar-refractivity contribution in [3.8, 4) is 0 Å². The van der Waals surface area contributed by atoms with E-state index in [9.17, 15) is 0 Å². The zero-order valence-electron chi connectivity index (χ0n) is 6.16. The van der Waals surface area contributed by atoms with Crippen LogP contribution in [0.1, 0.15) is 12.2 Å². The van der Waals surface area contributed by atoms with E-state index in [0.717, 1.165) is 12.3 Å². The van der Waals surface area contributed by atoms with E-state index in [2.05, 4.69) is 16.5 Å². The van der Waals surface area contributed by atoms with Crippen LogP contribution in [-0.4, -0.2) is 17.7 Å². The summed E-state index contributed by atoms with van der Waals surface area (Å²) in [6.07, 6.45) is 6.92. The van der Waals surface area contributed by atoms with Crippen LogP contribution in [0.15, 0.2) is 22.9 Å². The van der Waals surface area contributed by atoms with Gasteiger partial charge in [0.2, 0.25) is 0 Å². The third kappa shape index (κ3) is 1.49. The molecule has 1 aromatic heterocycles. The van der Waals surface area contributed by atoms with Crippen molar-refractivity contribution < 1.29 is 4.52 Å².